The molecule has 0 aromatic heterocycles. The van der Waals surface area contributed by atoms with E-state index in [0.717, 1.165) is 12.0 Å². The van der Waals surface area contributed by atoms with Crippen LogP contribution in [0.5, 0.6) is 5.75 Å². The van der Waals surface area contributed by atoms with E-state index in [-0.39, 0.29) is 10.5 Å². The van der Waals surface area contributed by atoms with Crippen molar-refractivity contribution in [2.45, 2.75) is 44.6 Å². The van der Waals surface area contributed by atoms with Crippen LogP contribution in [0.1, 0.15) is 31.4 Å². The van der Waals surface area contributed by atoms with Crippen molar-refractivity contribution >= 4 is 10.0 Å². The molecule has 5 nitrogen and oxygen atoms in total. The van der Waals surface area contributed by atoms with Gasteiger partial charge in [0.2, 0.25) is 10.0 Å². The smallest absolute Gasteiger partial charge is 0.238 e. The van der Waals surface area contributed by atoms with Crippen LogP contribution in [-0.4, -0.2) is 27.7 Å². The number of nitrogens with two attached hydrogens (primary N) is 1. The standard InChI is InChI=1S/C14H23NO4S/c1-10-11(2)13(20(15,16)17)7-6-12(10)19-9-8-14(3,4)18-5/h6-7H,8-9H2,1-5H3,(H2,15,16,17). The van der Waals surface area contributed by atoms with Gasteiger partial charge in [-0.3, -0.25) is 0 Å². The van der Waals surface area contributed by atoms with E-state index in [0.29, 0.717) is 17.9 Å². The van der Waals surface area contributed by atoms with Gasteiger partial charge < -0.3 is 9.47 Å². The van der Waals surface area contributed by atoms with Gasteiger partial charge in [-0.25, -0.2) is 13.6 Å². The Bertz CT molecular complexity index is 579. The summed E-state index contributed by atoms with van der Waals surface area (Å²) in [6.07, 6.45) is 0.735. The Morgan fingerprint density at radius 1 is 1.20 bits per heavy atom. The summed E-state index contributed by atoms with van der Waals surface area (Å²) >= 11 is 0. The van der Waals surface area contributed by atoms with Gasteiger partial charge in [-0.15, -0.1) is 0 Å². The van der Waals surface area contributed by atoms with Gasteiger partial charge in [-0.1, -0.05) is 0 Å². The zero-order valence-electron chi connectivity index (χ0n) is 12.7. The summed E-state index contributed by atoms with van der Waals surface area (Å²) in [6.45, 7) is 8.01. The summed E-state index contributed by atoms with van der Waals surface area (Å²) in [5.41, 5.74) is 1.16. The third-order valence-corrected chi connectivity index (χ3v) is 4.56. The van der Waals surface area contributed by atoms with Crippen LogP contribution < -0.4 is 9.88 Å². The summed E-state index contributed by atoms with van der Waals surface area (Å²) in [5, 5.41) is 5.17. The molecule has 1 aromatic rings. The molecule has 0 aliphatic carbocycles. The van der Waals surface area contributed by atoms with Gasteiger partial charge in [0.25, 0.3) is 0 Å². The number of rotatable bonds is 6. The molecular weight excluding hydrogens is 278 g/mol. The molecule has 0 atom stereocenters. The largest absolute Gasteiger partial charge is 0.493 e. The van der Waals surface area contributed by atoms with Crippen molar-refractivity contribution < 1.29 is 17.9 Å². The number of benzene rings is 1. The molecule has 6 heteroatoms. The molecule has 0 heterocycles. The fourth-order valence-electron chi connectivity index (χ4n) is 1.74. The van der Waals surface area contributed by atoms with E-state index in [1.807, 2.05) is 20.8 Å². The molecule has 0 fully saturated rings. The molecule has 0 saturated carbocycles. The van der Waals surface area contributed by atoms with Gasteiger partial charge in [0, 0.05) is 13.5 Å². The molecule has 0 radical (unpaired) electrons. The lowest BCUT2D eigenvalue weighted by Crippen LogP contribution is -2.25. The molecule has 0 amide bonds. The van der Waals surface area contributed by atoms with Crippen LogP contribution >= 0.6 is 0 Å². The number of primary sulfonamides is 1. The van der Waals surface area contributed by atoms with Crippen LogP contribution in [0, 0.1) is 13.8 Å². The highest BCUT2D eigenvalue weighted by Gasteiger charge is 2.18. The van der Waals surface area contributed by atoms with E-state index in [4.69, 9.17) is 14.6 Å². The van der Waals surface area contributed by atoms with Crippen molar-refractivity contribution in [3.63, 3.8) is 0 Å². The minimum absolute atomic E-state index is 0.138. The summed E-state index contributed by atoms with van der Waals surface area (Å²) in [7, 11) is -2.03. The zero-order chi connectivity index (χ0) is 15.6. The fourth-order valence-corrected chi connectivity index (χ4v) is 2.58. The van der Waals surface area contributed by atoms with Gasteiger partial charge in [0.1, 0.15) is 5.75 Å². The van der Waals surface area contributed by atoms with Crippen LogP contribution in [0.15, 0.2) is 17.0 Å². The average Bonchev–Trinajstić information content (AvgIpc) is 2.33. The lowest BCUT2D eigenvalue weighted by molar-refractivity contribution is 0.00539. The Balaban J connectivity index is 2.87. The topological polar surface area (TPSA) is 78.6 Å². The quantitative estimate of drug-likeness (QED) is 0.873. The van der Waals surface area contributed by atoms with E-state index in [9.17, 15) is 8.42 Å². The first kappa shape index (κ1) is 16.9. The van der Waals surface area contributed by atoms with E-state index >= 15 is 0 Å². The Morgan fingerprint density at radius 3 is 2.30 bits per heavy atom. The summed E-state index contributed by atoms with van der Waals surface area (Å²) in [6, 6.07) is 3.12. The van der Waals surface area contributed by atoms with Crippen molar-refractivity contribution in [1.82, 2.24) is 0 Å². The third kappa shape index (κ3) is 4.19. The minimum atomic E-state index is -3.70. The highest BCUT2D eigenvalue weighted by molar-refractivity contribution is 7.89. The average molecular weight is 301 g/mol. The predicted octanol–water partition coefficient (Wildman–Crippen LogP) is 2.14. The number of hydrogen-bond donors (Lipinski definition) is 1. The van der Waals surface area contributed by atoms with Crippen LogP contribution in [0.3, 0.4) is 0 Å². The Hall–Kier alpha value is -1.11. The number of sulfonamides is 1. The molecule has 0 aliphatic heterocycles. The van der Waals surface area contributed by atoms with Crippen LogP contribution in [0.2, 0.25) is 0 Å². The maximum absolute atomic E-state index is 11.4. The van der Waals surface area contributed by atoms with Crippen LogP contribution in [0.4, 0.5) is 0 Å². The second-order valence-corrected chi connectivity index (χ2v) is 6.95. The fraction of sp³-hybridized carbons (Fsp3) is 0.571. The van der Waals surface area contributed by atoms with Crippen molar-refractivity contribution in [2.75, 3.05) is 13.7 Å². The van der Waals surface area contributed by atoms with E-state index in [1.54, 1.807) is 20.1 Å². The van der Waals surface area contributed by atoms with Crippen molar-refractivity contribution in [1.29, 1.82) is 0 Å². The first-order valence-electron chi connectivity index (χ1n) is 6.39. The monoisotopic (exact) mass is 301 g/mol. The SMILES string of the molecule is COC(C)(C)CCOc1ccc(S(N)(=O)=O)c(C)c1C. The minimum Gasteiger partial charge on any atom is -0.493 e. The van der Waals surface area contributed by atoms with Gasteiger partial charge in [-0.05, 0) is 51.0 Å². The molecule has 2 N–H and O–H groups in total. The number of hydrogen-bond acceptors (Lipinski definition) is 4. The molecule has 1 aromatic carbocycles. The second-order valence-electron chi connectivity index (χ2n) is 5.42. The van der Waals surface area contributed by atoms with Gasteiger partial charge in [0.15, 0.2) is 0 Å². The van der Waals surface area contributed by atoms with Crippen LogP contribution in [-0.2, 0) is 14.8 Å². The third-order valence-electron chi connectivity index (χ3n) is 3.51. The van der Waals surface area contributed by atoms with E-state index in [1.165, 1.54) is 6.07 Å². The molecule has 114 valence electrons. The Morgan fingerprint density at radius 2 is 1.80 bits per heavy atom. The molecule has 0 saturated heterocycles. The second kappa shape index (κ2) is 6.11. The summed E-state index contributed by atoms with van der Waals surface area (Å²) in [5.74, 6) is 0.668. The highest BCUT2D eigenvalue weighted by Crippen LogP contribution is 2.27. The van der Waals surface area contributed by atoms with Crippen molar-refractivity contribution in [3.05, 3.63) is 23.3 Å². The molecule has 1 rings (SSSR count). The maximum atomic E-state index is 11.4. The van der Waals surface area contributed by atoms with Gasteiger partial charge in [0.05, 0.1) is 17.1 Å². The lowest BCUT2D eigenvalue weighted by Gasteiger charge is -2.23. The normalized spacial score (nSPS) is 12.5. The van der Waals surface area contributed by atoms with Crippen molar-refractivity contribution in [2.24, 2.45) is 5.14 Å². The molecule has 0 unspecified atom stereocenters. The molecule has 0 spiro atoms. The van der Waals surface area contributed by atoms with E-state index in [2.05, 4.69) is 0 Å². The summed E-state index contributed by atoms with van der Waals surface area (Å²) in [4.78, 5) is 0.138. The van der Waals surface area contributed by atoms with Crippen molar-refractivity contribution in [3.8, 4) is 5.75 Å². The zero-order valence-corrected chi connectivity index (χ0v) is 13.5. The van der Waals surface area contributed by atoms with Gasteiger partial charge >= 0.3 is 0 Å². The molecule has 20 heavy (non-hydrogen) atoms. The highest BCUT2D eigenvalue weighted by atomic mass is 32.2. The number of ether oxygens (including phenoxy) is 2. The maximum Gasteiger partial charge on any atom is 0.238 e. The number of methoxy groups -OCH3 is 1. The molecular formula is C14H23NO4S. The first-order valence-corrected chi connectivity index (χ1v) is 7.94. The Kier molecular flexibility index (Phi) is 5.18. The predicted molar refractivity (Wildman–Crippen MR) is 78.5 cm³/mol. The summed E-state index contributed by atoms with van der Waals surface area (Å²) < 4.78 is 33.9. The lowest BCUT2D eigenvalue weighted by atomic mass is 10.1. The first-order chi connectivity index (χ1) is 9.08. The molecule has 0 bridgehead atoms. The van der Waals surface area contributed by atoms with E-state index < -0.39 is 10.0 Å². The van der Waals surface area contributed by atoms with Gasteiger partial charge in [-0.2, -0.15) is 0 Å². The molecule has 0 aliphatic rings. The Labute approximate surface area is 121 Å². The van der Waals surface area contributed by atoms with Crippen LogP contribution in [0.25, 0.3) is 0 Å².